The average Bonchev–Trinajstić information content (AvgIpc) is 2.34. The normalized spacial score (nSPS) is 11.8. The first kappa shape index (κ1) is 12.5. The largest absolute Gasteiger partial charge is 0.497 e. The van der Waals surface area contributed by atoms with Crippen LogP contribution in [0.3, 0.4) is 0 Å². The Kier molecular flexibility index (Phi) is 5.38. The van der Waals surface area contributed by atoms with Crippen molar-refractivity contribution >= 4 is 0 Å². The van der Waals surface area contributed by atoms with Gasteiger partial charge in [0.25, 0.3) is 0 Å². The first-order chi connectivity index (χ1) is 7.80. The number of hydrogen-bond donors (Lipinski definition) is 1. The van der Waals surface area contributed by atoms with E-state index in [1.165, 1.54) is 5.56 Å². The van der Waals surface area contributed by atoms with Gasteiger partial charge in [-0.25, -0.2) is 0 Å². The van der Waals surface area contributed by atoms with Crippen molar-refractivity contribution in [3.8, 4) is 11.8 Å². The van der Waals surface area contributed by atoms with Crippen molar-refractivity contribution in [1.82, 2.24) is 5.32 Å². The molecule has 0 aliphatic carbocycles. The van der Waals surface area contributed by atoms with Gasteiger partial charge in [0.1, 0.15) is 5.75 Å². The average molecular weight is 218 g/mol. The SMILES string of the molecule is CCC(CC#N)NCc1cccc(OC)c1. The summed E-state index contributed by atoms with van der Waals surface area (Å²) >= 11 is 0. The molecule has 16 heavy (non-hydrogen) atoms. The molecular formula is C13H18N2O. The van der Waals surface area contributed by atoms with E-state index in [0.717, 1.165) is 18.7 Å². The third-order valence-electron chi connectivity index (χ3n) is 2.56. The number of ether oxygens (including phenoxy) is 1. The third-order valence-corrected chi connectivity index (χ3v) is 2.56. The summed E-state index contributed by atoms with van der Waals surface area (Å²) in [6.07, 6.45) is 1.53. The van der Waals surface area contributed by atoms with Crippen molar-refractivity contribution in [3.63, 3.8) is 0 Å². The number of nitrogens with zero attached hydrogens (tertiary/aromatic N) is 1. The molecule has 1 atom stereocenters. The fourth-order valence-corrected chi connectivity index (χ4v) is 1.52. The molecule has 0 aliphatic rings. The lowest BCUT2D eigenvalue weighted by molar-refractivity contribution is 0.413. The summed E-state index contributed by atoms with van der Waals surface area (Å²) in [4.78, 5) is 0. The van der Waals surface area contributed by atoms with Gasteiger partial charge in [-0.3, -0.25) is 0 Å². The number of methoxy groups -OCH3 is 1. The first-order valence-corrected chi connectivity index (χ1v) is 5.53. The molecule has 0 amide bonds. The lowest BCUT2D eigenvalue weighted by Crippen LogP contribution is -2.27. The topological polar surface area (TPSA) is 45.0 Å². The maximum Gasteiger partial charge on any atom is 0.119 e. The second kappa shape index (κ2) is 6.86. The second-order valence-electron chi connectivity index (χ2n) is 3.70. The molecule has 1 rings (SSSR count). The zero-order valence-corrected chi connectivity index (χ0v) is 9.86. The number of rotatable bonds is 6. The van der Waals surface area contributed by atoms with E-state index in [1.54, 1.807) is 7.11 Å². The van der Waals surface area contributed by atoms with Crippen LogP contribution in [0, 0.1) is 11.3 Å². The van der Waals surface area contributed by atoms with Crippen molar-refractivity contribution in [3.05, 3.63) is 29.8 Å². The molecule has 1 unspecified atom stereocenters. The third kappa shape index (κ3) is 3.92. The molecule has 86 valence electrons. The summed E-state index contributed by atoms with van der Waals surface area (Å²) in [5.41, 5.74) is 1.18. The van der Waals surface area contributed by atoms with Gasteiger partial charge in [-0.1, -0.05) is 19.1 Å². The van der Waals surface area contributed by atoms with Crippen LogP contribution in [0.15, 0.2) is 24.3 Å². The molecule has 3 heteroatoms. The van der Waals surface area contributed by atoms with Gasteiger partial charge in [0.2, 0.25) is 0 Å². The Morgan fingerprint density at radius 3 is 2.94 bits per heavy atom. The van der Waals surface area contributed by atoms with Gasteiger partial charge in [-0.15, -0.1) is 0 Å². The molecule has 0 aromatic heterocycles. The van der Waals surface area contributed by atoms with Crippen molar-refractivity contribution < 1.29 is 4.74 Å². The first-order valence-electron chi connectivity index (χ1n) is 5.53. The quantitative estimate of drug-likeness (QED) is 0.797. The van der Waals surface area contributed by atoms with E-state index < -0.39 is 0 Å². The molecule has 0 heterocycles. The van der Waals surface area contributed by atoms with Crippen LogP contribution in [0.1, 0.15) is 25.3 Å². The minimum atomic E-state index is 0.274. The summed E-state index contributed by atoms with van der Waals surface area (Å²) in [5, 5.41) is 12.0. The summed E-state index contributed by atoms with van der Waals surface area (Å²) in [6, 6.07) is 10.4. The Hall–Kier alpha value is -1.53. The molecule has 3 nitrogen and oxygen atoms in total. The number of nitriles is 1. The molecule has 0 bridgehead atoms. The zero-order chi connectivity index (χ0) is 11.8. The highest BCUT2D eigenvalue weighted by Gasteiger charge is 2.04. The van der Waals surface area contributed by atoms with E-state index in [1.807, 2.05) is 18.2 Å². The Labute approximate surface area is 97.0 Å². The predicted octanol–water partition coefficient (Wildman–Crippen LogP) is 2.48. The Balaban J connectivity index is 2.50. The van der Waals surface area contributed by atoms with E-state index in [-0.39, 0.29) is 6.04 Å². The van der Waals surface area contributed by atoms with E-state index in [0.29, 0.717) is 6.42 Å². The van der Waals surface area contributed by atoms with Gasteiger partial charge in [0.05, 0.1) is 19.6 Å². The van der Waals surface area contributed by atoms with Crippen LogP contribution in [0.4, 0.5) is 0 Å². The zero-order valence-electron chi connectivity index (χ0n) is 9.86. The van der Waals surface area contributed by atoms with Crippen molar-refractivity contribution in [2.45, 2.75) is 32.4 Å². The number of hydrogen-bond acceptors (Lipinski definition) is 3. The second-order valence-corrected chi connectivity index (χ2v) is 3.70. The molecule has 0 saturated carbocycles. The van der Waals surface area contributed by atoms with Crippen LogP contribution in [0.5, 0.6) is 5.75 Å². The fraction of sp³-hybridized carbons (Fsp3) is 0.462. The van der Waals surface area contributed by atoms with E-state index in [2.05, 4.69) is 24.4 Å². The minimum absolute atomic E-state index is 0.274. The van der Waals surface area contributed by atoms with Crippen molar-refractivity contribution in [1.29, 1.82) is 5.26 Å². The monoisotopic (exact) mass is 218 g/mol. The molecule has 1 N–H and O–H groups in total. The Morgan fingerprint density at radius 1 is 1.50 bits per heavy atom. The highest BCUT2D eigenvalue weighted by molar-refractivity contribution is 5.28. The molecule has 0 radical (unpaired) electrons. The molecule has 0 saturated heterocycles. The highest BCUT2D eigenvalue weighted by atomic mass is 16.5. The highest BCUT2D eigenvalue weighted by Crippen LogP contribution is 2.12. The molecule has 1 aromatic rings. The van der Waals surface area contributed by atoms with E-state index >= 15 is 0 Å². The van der Waals surface area contributed by atoms with Gasteiger partial charge >= 0.3 is 0 Å². The van der Waals surface area contributed by atoms with Gasteiger partial charge in [0, 0.05) is 12.6 Å². The molecule has 0 aliphatic heterocycles. The van der Waals surface area contributed by atoms with Gasteiger partial charge in [0.15, 0.2) is 0 Å². The van der Waals surface area contributed by atoms with Crippen LogP contribution >= 0.6 is 0 Å². The van der Waals surface area contributed by atoms with E-state index in [4.69, 9.17) is 10.00 Å². The van der Waals surface area contributed by atoms with Crippen LogP contribution in [0.2, 0.25) is 0 Å². The van der Waals surface area contributed by atoms with Crippen LogP contribution in [0.25, 0.3) is 0 Å². The summed E-state index contributed by atoms with van der Waals surface area (Å²) in [6.45, 7) is 2.86. The Bertz CT molecular complexity index is 357. The molecule has 1 aromatic carbocycles. The number of nitrogens with one attached hydrogen (secondary N) is 1. The summed E-state index contributed by atoms with van der Waals surface area (Å²) < 4.78 is 5.16. The molecule has 0 fully saturated rings. The maximum atomic E-state index is 8.64. The molecular weight excluding hydrogens is 200 g/mol. The van der Waals surface area contributed by atoms with Crippen LogP contribution < -0.4 is 10.1 Å². The Morgan fingerprint density at radius 2 is 2.31 bits per heavy atom. The minimum Gasteiger partial charge on any atom is -0.497 e. The predicted molar refractivity (Wildman–Crippen MR) is 64.1 cm³/mol. The number of benzene rings is 1. The molecule has 0 spiro atoms. The standard InChI is InChI=1S/C13H18N2O/c1-3-12(7-8-14)15-10-11-5-4-6-13(9-11)16-2/h4-6,9,12,15H,3,7,10H2,1-2H3. The van der Waals surface area contributed by atoms with E-state index in [9.17, 15) is 0 Å². The lowest BCUT2D eigenvalue weighted by atomic mass is 10.1. The van der Waals surface area contributed by atoms with Gasteiger partial charge in [-0.05, 0) is 24.1 Å². The van der Waals surface area contributed by atoms with Crippen molar-refractivity contribution in [2.24, 2.45) is 0 Å². The van der Waals surface area contributed by atoms with Crippen LogP contribution in [-0.4, -0.2) is 13.2 Å². The summed E-state index contributed by atoms with van der Waals surface area (Å²) in [7, 11) is 1.66. The summed E-state index contributed by atoms with van der Waals surface area (Å²) in [5.74, 6) is 0.868. The lowest BCUT2D eigenvalue weighted by Gasteiger charge is -2.13. The van der Waals surface area contributed by atoms with Crippen LogP contribution in [-0.2, 0) is 6.54 Å². The van der Waals surface area contributed by atoms with Gasteiger partial charge in [-0.2, -0.15) is 5.26 Å². The van der Waals surface area contributed by atoms with Gasteiger partial charge < -0.3 is 10.1 Å². The fourth-order valence-electron chi connectivity index (χ4n) is 1.52. The maximum absolute atomic E-state index is 8.64. The van der Waals surface area contributed by atoms with Crippen molar-refractivity contribution in [2.75, 3.05) is 7.11 Å². The smallest absolute Gasteiger partial charge is 0.119 e.